The standard InChI is InChI=1S/C15H17F2N3O2S.C2H6/c1-4-9(2)22-11-7-5-10(6-8-11)12(21)18-14-20-19-13(23-14)15(3,16)17;1-2/h5-9H,4H2,1-3H3,(H,18,20,21);1-2H3/t9-;/m1./s1. The van der Waals surface area contributed by atoms with Crippen LogP contribution in [0.2, 0.25) is 0 Å². The highest BCUT2D eigenvalue weighted by molar-refractivity contribution is 7.15. The van der Waals surface area contributed by atoms with Crippen LogP contribution in [-0.2, 0) is 5.92 Å². The zero-order chi connectivity index (χ0) is 19.0. The van der Waals surface area contributed by atoms with Crippen LogP contribution in [0.25, 0.3) is 0 Å². The van der Waals surface area contributed by atoms with Gasteiger partial charge in [0.05, 0.1) is 6.10 Å². The van der Waals surface area contributed by atoms with Crippen LogP contribution in [0.5, 0.6) is 5.75 Å². The molecule has 1 aromatic heterocycles. The number of halogens is 2. The van der Waals surface area contributed by atoms with E-state index in [1.54, 1.807) is 24.3 Å². The smallest absolute Gasteiger partial charge is 0.298 e. The van der Waals surface area contributed by atoms with Crippen LogP contribution >= 0.6 is 11.3 Å². The fourth-order valence-electron chi connectivity index (χ4n) is 1.62. The van der Waals surface area contributed by atoms with Gasteiger partial charge < -0.3 is 4.74 Å². The molecule has 1 amide bonds. The average Bonchev–Trinajstić information content (AvgIpc) is 3.06. The number of amides is 1. The van der Waals surface area contributed by atoms with Crippen molar-refractivity contribution in [2.75, 3.05) is 5.32 Å². The Kier molecular flexibility index (Phi) is 7.89. The molecule has 0 unspecified atom stereocenters. The Morgan fingerprint density at radius 1 is 1.28 bits per heavy atom. The van der Waals surface area contributed by atoms with Crippen molar-refractivity contribution in [2.45, 2.75) is 53.1 Å². The van der Waals surface area contributed by atoms with Crippen molar-refractivity contribution in [2.24, 2.45) is 0 Å². The maximum absolute atomic E-state index is 13.1. The molecule has 138 valence electrons. The van der Waals surface area contributed by atoms with Crippen molar-refractivity contribution < 1.29 is 18.3 Å². The fraction of sp³-hybridized carbons (Fsp3) is 0.471. The molecule has 0 spiro atoms. The summed E-state index contributed by atoms with van der Waals surface area (Å²) < 4.78 is 31.8. The molecular formula is C17H23F2N3O2S. The van der Waals surface area contributed by atoms with E-state index in [0.717, 1.165) is 13.3 Å². The Bertz CT molecular complexity index is 669. The van der Waals surface area contributed by atoms with E-state index in [0.29, 0.717) is 22.6 Å². The predicted octanol–water partition coefficient (Wildman–Crippen LogP) is 5.11. The lowest BCUT2D eigenvalue weighted by Gasteiger charge is -2.12. The van der Waals surface area contributed by atoms with Crippen molar-refractivity contribution >= 4 is 22.4 Å². The molecule has 0 bridgehead atoms. The number of carbonyl (C=O) groups excluding carboxylic acids is 1. The van der Waals surface area contributed by atoms with E-state index in [1.165, 1.54) is 0 Å². The molecule has 2 aromatic rings. The van der Waals surface area contributed by atoms with Crippen LogP contribution in [0.3, 0.4) is 0 Å². The van der Waals surface area contributed by atoms with Gasteiger partial charge in [-0.3, -0.25) is 10.1 Å². The van der Waals surface area contributed by atoms with Gasteiger partial charge in [0, 0.05) is 12.5 Å². The van der Waals surface area contributed by atoms with Crippen molar-refractivity contribution in [3.05, 3.63) is 34.8 Å². The van der Waals surface area contributed by atoms with Crippen LogP contribution in [-0.4, -0.2) is 22.2 Å². The van der Waals surface area contributed by atoms with Gasteiger partial charge in [-0.25, -0.2) is 0 Å². The lowest BCUT2D eigenvalue weighted by Crippen LogP contribution is -2.12. The maximum Gasteiger partial charge on any atom is 0.298 e. The zero-order valence-electron chi connectivity index (χ0n) is 15.0. The van der Waals surface area contributed by atoms with Crippen LogP contribution < -0.4 is 10.1 Å². The quantitative estimate of drug-likeness (QED) is 0.767. The van der Waals surface area contributed by atoms with Crippen molar-refractivity contribution in [3.63, 3.8) is 0 Å². The summed E-state index contributed by atoms with van der Waals surface area (Å²) in [6.45, 7) is 8.70. The molecule has 8 heteroatoms. The van der Waals surface area contributed by atoms with E-state index in [2.05, 4.69) is 15.5 Å². The number of alkyl halides is 2. The first-order valence-corrected chi connectivity index (χ1v) is 8.91. The molecule has 0 aliphatic rings. The minimum atomic E-state index is -3.07. The average molecular weight is 371 g/mol. The van der Waals surface area contributed by atoms with Gasteiger partial charge in [-0.1, -0.05) is 32.1 Å². The Balaban J connectivity index is 0.00000151. The van der Waals surface area contributed by atoms with Crippen molar-refractivity contribution in [3.8, 4) is 5.75 Å². The number of ether oxygens (including phenoxy) is 1. The van der Waals surface area contributed by atoms with E-state index in [-0.39, 0.29) is 11.2 Å². The van der Waals surface area contributed by atoms with Gasteiger partial charge >= 0.3 is 0 Å². The molecule has 0 aliphatic heterocycles. The number of rotatable bonds is 6. The third-order valence-electron chi connectivity index (χ3n) is 3.05. The first-order chi connectivity index (χ1) is 11.8. The summed E-state index contributed by atoms with van der Waals surface area (Å²) in [6.07, 6.45) is 0.967. The molecule has 2 rings (SSSR count). The molecular weight excluding hydrogens is 348 g/mol. The summed E-state index contributed by atoms with van der Waals surface area (Å²) >= 11 is 0.649. The SMILES string of the molecule is CC.CC[C@@H](C)Oc1ccc(C(=O)Nc2nnc(C(C)(F)F)s2)cc1. The third-order valence-corrected chi connectivity index (χ3v) is 4.06. The minimum Gasteiger partial charge on any atom is -0.491 e. The number of benzene rings is 1. The van der Waals surface area contributed by atoms with E-state index in [4.69, 9.17) is 4.74 Å². The zero-order valence-corrected chi connectivity index (χ0v) is 15.8. The van der Waals surface area contributed by atoms with E-state index < -0.39 is 16.8 Å². The summed E-state index contributed by atoms with van der Waals surface area (Å²) in [5.74, 6) is -2.85. The molecule has 0 fully saturated rings. The van der Waals surface area contributed by atoms with E-state index in [9.17, 15) is 13.6 Å². The first-order valence-electron chi connectivity index (χ1n) is 8.09. The second-order valence-corrected chi connectivity index (χ2v) is 6.09. The van der Waals surface area contributed by atoms with Gasteiger partial charge in [0.15, 0.2) is 5.01 Å². The summed E-state index contributed by atoms with van der Waals surface area (Å²) in [5.41, 5.74) is 0.376. The van der Waals surface area contributed by atoms with Crippen molar-refractivity contribution in [1.29, 1.82) is 0 Å². The summed E-state index contributed by atoms with van der Waals surface area (Å²) in [6, 6.07) is 6.58. The number of hydrogen-bond acceptors (Lipinski definition) is 5. The Hall–Kier alpha value is -2.09. The normalized spacial score (nSPS) is 12.0. The van der Waals surface area contributed by atoms with Crippen LogP contribution in [0, 0.1) is 0 Å². The third kappa shape index (κ3) is 6.38. The highest BCUT2D eigenvalue weighted by atomic mass is 32.1. The number of nitrogens with one attached hydrogen (secondary N) is 1. The largest absolute Gasteiger partial charge is 0.491 e. The molecule has 5 nitrogen and oxygen atoms in total. The molecule has 0 aliphatic carbocycles. The van der Waals surface area contributed by atoms with Gasteiger partial charge in [0.2, 0.25) is 5.13 Å². The second kappa shape index (κ2) is 9.41. The molecule has 0 saturated carbocycles. The van der Waals surface area contributed by atoms with Crippen LogP contribution in [0.1, 0.15) is 56.4 Å². The lowest BCUT2D eigenvalue weighted by atomic mass is 10.2. The highest BCUT2D eigenvalue weighted by Gasteiger charge is 2.29. The van der Waals surface area contributed by atoms with Crippen LogP contribution in [0.4, 0.5) is 13.9 Å². The minimum absolute atomic E-state index is 0.0338. The monoisotopic (exact) mass is 371 g/mol. The predicted molar refractivity (Wildman–Crippen MR) is 95.6 cm³/mol. The summed E-state index contributed by atoms with van der Waals surface area (Å²) in [7, 11) is 0. The number of hydrogen-bond donors (Lipinski definition) is 1. The Morgan fingerprint density at radius 2 is 1.88 bits per heavy atom. The first kappa shape index (κ1) is 21.0. The number of carbonyl (C=O) groups is 1. The fourth-order valence-corrected chi connectivity index (χ4v) is 2.29. The van der Waals surface area contributed by atoms with E-state index in [1.807, 2.05) is 27.7 Å². The lowest BCUT2D eigenvalue weighted by molar-refractivity contribution is 0.0165. The molecule has 1 heterocycles. The number of anilines is 1. The summed E-state index contributed by atoms with van der Waals surface area (Å²) in [5, 5.41) is 8.97. The molecule has 1 N–H and O–H groups in total. The van der Waals surface area contributed by atoms with Gasteiger partial charge in [0.25, 0.3) is 11.8 Å². The van der Waals surface area contributed by atoms with Gasteiger partial charge in [-0.15, -0.1) is 10.2 Å². The molecule has 1 aromatic carbocycles. The number of aromatic nitrogens is 2. The molecule has 1 atom stereocenters. The summed E-state index contributed by atoms with van der Waals surface area (Å²) in [4.78, 5) is 12.1. The van der Waals surface area contributed by atoms with E-state index >= 15 is 0 Å². The van der Waals surface area contributed by atoms with Gasteiger partial charge in [-0.2, -0.15) is 8.78 Å². The van der Waals surface area contributed by atoms with Crippen LogP contribution in [0.15, 0.2) is 24.3 Å². The Labute approximate surface area is 150 Å². The van der Waals surface area contributed by atoms with Gasteiger partial charge in [0.1, 0.15) is 5.75 Å². The van der Waals surface area contributed by atoms with Gasteiger partial charge in [-0.05, 0) is 37.6 Å². The molecule has 25 heavy (non-hydrogen) atoms. The highest BCUT2D eigenvalue weighted by Crippen LogP contribution is 2.31. The maximum atomic E-state index is 13.1. The molecule has 0 radical (unpaired) electrons. The Morgan fingerprint density at radius 3 is 2.36 bits per heavy atom. The second-order valence-electron chi connectivity index (χ2n) is 5.12. The topological polar surface area (TPSA) is 64.1 Å². The number of nitrogens with zero attached hydrogens (tertiary/aromatic N) is 2. The molecule has 0 saturated heterocycles. The van der Waals surface area contributed by atoms with Crippen molar-refractivity contribution in [1.82, 2.24) is 10.2 Å².